The lowest BCUT2D eigenvalue weighted by Gasteiger charge is -2.17. The Balaban J connectivity index is 1.28. The molecule has 1 aliphatic heterocycles. The summed E-state index contributed by atoms with van der Waals surface area (Å²) in [4.78, 5) is 32.1. The van der Waals surface area contributed by atoms with Crippen LogP contribution in [0.3, 0.4) is 0 Å². The van der Waals surface area contributed by atoms with E-state index >= 15 is 0 Å². The van der Waals surface area contributed by atoms with Crippen LogP contribution in [-0.2, 0) is 22.4 Å². The van der Waals surface area contributed by atoms with Crippen LogP contribution in [0, 0.1) is 11.7 Å². The van der Waals surface area contributed by atoms with Gasteiger partial charge in [0.2, 0.25) is 16.9 Å². The van der Waals surface area contributed by atoms with Gasteiger partial charge in [-0.25, -0.2) is 9.37 Å². The van der Waals surface area contributed by atoms with E-state index in [1.54, 1.807) is 21.7 Å². The minimum Gasteiger partial charge on any atom is -0.312 e. The molecule has 1 fully saturated rings. The maximum atomic E-state index is 13.3. The smallest absolute Gasteiger partial charge is 0.230 e. The standard InChI is InChI=1S/C24H20FN5O2S/c25-15-8-10-16(11-9-15)29-13-14(12-21(29)31)23(32)27-22-17-4-3-6-18(17)28-30(22)24-26-19-5-1-2-7-20(19)33-24/h1-2,5,7-11,14H,3-4,6,12-13H2,(H,27,32). The van der Waals surface area contributed by atoms with Crippen LogP contribution in [0.4, 0.5) is 15.9 Å². The maximum absolute atomic E-state index is 13.3. The minimum absolute atomic E-state index is 0.112. The first-order valence-electron chi connectivity index (χ1n) is 10.9. The third kappa shape index (κ3) is 3.48. The molecule has 0 bridgehead atoms. The summed E-state index contributed by atoms with van der Waals surface area (Å²) >= 11 is 1.52. The quantitative estimate of drug-likeness (QED) is 0.496. The molecule has 1 N–H and O–H groups in total. The maximum Gasteiger partial charge on any atom is 0.230 e. The Morgan fingerprint density at radius 1 is 1.12 bits per heavy atom. The van der Waals surface area contributed by atoms with E-state index in [9.17, 15) is 14.0 Å². The van der Waals surface area contributed by atoms with Crippen molar-refractivity contribution < 1.29 is 14.0 Å². The number of anilines is 2. The van der Waals surface area contributed by atoms with Crippen molar-refractivity contribution in [1.82, 2.24) is 14.8 Å². The van der Waals surface area contributed by atoms with E-state index in [1.165, 1.54) is 23.5 Å². The first-order valence-corrected chi connectivity index (χ1v) is 11.7. The molecule has 1 unspecified atom stereocenters. The monoisotopic (exact) mass is 461 g/mol. The van der Waals surface area contributed by atoms with Crippen LogP contribution in [-0.4, -0.2) is 33.1 Å². The molecule has 2 aromatic heterocycles. The van der Waals surface area contributed by atoms with Crippen LogP contribution < -0.4 is 10.2 Å². The second-order valence-corrected chi connectivity index (χ2v) is 9.38. The number of thiazole rings is 1. The molecule has 4 aromatic rings. The molecule has 2 amide bonds. The Morgan fingerprint density at radius 2 is 1.94 bits per heavy atom. The van der Waals surface area contributed by atoms with Gasteiger partial charge in [-0.2, -0.15) is 9.78 Å². The molecule has 0 spiro atoms. The normalized spacial score (nSPS) is 17.7. The average Bonchev–Trinajstić information content (AvgIpc) is 3.57. The van der Waals surface area contributed by atoms with Crippen LogP contribution in [0.15, 0.2) is 48.5 Å². The fourth-order valence-electron chi connectivity index (χ4n) is 4.58. The number of aryl methyl sites for hydroxylation is 1. The summed E-state index contributed by atoms with van der Waals surface area (Å²) in [7, 11) is 0. The molecular formula is C24H20FN5O2S. The Kier molecular flexibility index (Phi) is 4.72. The fourth-order valence-corrected chi connectivity index (χ4v) is 5.51. The number of benzene rings is 2. The van der Waals surface area contributed by atoms with Crippen molar-refractivity contribution in [3.8, 4) is 5.13 Å². The summed E-state index contributed by atoms with van der Waals surface area (Å²) in [5, 5.41) is 8.53. The van der Waals surface area contributed by atoms with Gasteiger partial charge in [-0.1, -0.05) is 23.5 Å². The molecule has 2 aromatic carbocycles. The van der Waals surface area contributed by atoms with E-state index in [4.69, 9.17) is 10.1 Å². The van der Waals surface area contributed by atoms with Gasteiger partial charge in [0.25, 0.3) is 0 Å². The summed E-state index contributed by atoms with van der Waals surface area (Å²) in [6, 6.07) is 13.6. The highest BCUT2D eigenvalue weighted by Gasteiger charge is 2.36. The van der Waals surface area contributed by atoms with Gasteiger partial charge < -0.3 is 10.2 Å². The van der Waals surface area contributed by atoms with E-state index in [-0.39, 0.29) is 30.6 Å². The van der Waals surface area contributed by atoms with Gasteiger partial charge in [0.15, 0.2) is 0 Å². The summed E-state index contributed by atoms with van der Waals surface area (Å²) in [6.07, 6.45) is 2.83. The van der Waals surface area contributed by atoms with Crippen LogP contribution in [0.1, 0.15) is 24.1 Å². The van der Waals surface area contributed by atoms with Crippen molar-refractivity contribution in [1.29, 1.82) is 0 Å². The predicted molar refractivity (Wildman–Crippen MR) is 124 cm³/mol. The number of hydrogen-bond acceptors (Lipinski definition) is 5. The Morgan fingerprint density at radius 3 is 2.76 bits per heavy atom. The molecule has 1 aliphatic carbocycles. The number of halogens is 1. The fraction of sp³-hybridized carbons (Fsp3) is 0.250. The van der Waals surface area contributed by atoms with Crippen LogP contribution in [0.25, 0.3) is 15.3 Å². The van der Waals surface area contributed by atoms with Crippen molar-refractivity contribution >= 4 is 44.9 Å². The number of carbonyl (C=O) groups is 2. The summed E-state index contributed by atoms with van der Waals surface area (Å²) in [5.74, 6) is -0.578. The molecular weight excluding hydrogens is 441 g/mol. The van der Waals surface area contributed by atoms with Crippen LogP contribution >= 0.6 is 11.3 Å². The van der Waals surface area contributed by atoms with Gasteiger partial charge in [0, 0.05) is 24.2 Å². The summed E-state index contributed by atoms with van der Waals surface area (Å²) in [5.41, 5.74) is 3.51. The zero-order chi connectivity index (χ0) is 22.5. The first kappa shape index (κ1) is 20.0. The molecule has 6 rings (SSSR count). The Bertz CT molecular complexity index is 1360. The van der Waals surface area contributed by atoms with E-state index in [0.717, 1.165) is 40.7 Å². The average molecular weight is 462 g/mol. The highest BCUT2D eigenvalue weighted by molar-refractivity contribution is 7.20. The SMILES string of the molecule is O=C(Nc1c2c(nn1-c1nc3ccccc3s1)CCC2)C1CC(=O)N(c2ccc(F)cc2)C1. The Labute approximate surface area is 192 Å². The summed E-state index contributed by atoms with van der Waals surface area (Å²) < 4.78 is 16.1. The van der Waals surface area contributed by atoms with Crippen molar-refractivity contribution in [2.75, 3.05) is 16.8 Å². The highest BCUT2D eigenvalue weighted by Crippen LogP contribution is 2.34. The van der Waals surface area contributed by atoms with Gasteiger partial charge in [-0.05, 0) is 55.7 Å². The minimum atomic E-state index is -0.502. The first-order chi connectivity index (χ1) is 16.1. The zero-order valence-electron chi connectivity index (χ0n) is 17.6. The summed E-state index contributed by atoms with van der Waals surface area (Å²) in [6.45, 7) is 0.258. The molecule has 0 radical (unpaired) electrons. The lowest BCUT2D eigenvalue weighted by Crippen LogP contribution is -2.29. The lowest BCUT2D eigenvalue weighted by atomic mass is 10.1. The molecule has 1 saturated heterocycles. The number of rotatable bonds is 4. The highest BCUT2D eigenvalue weighted by atomic mass is 32.1. The molecule has 1 atom stereocenters. The van der Waals surface area contributed by atoms with Crippen molar-refractivity contribution in [3.05, 3.63) is 65.6 Å². The topological polar surface area (TPSA) is 80.1 Å². The van der Waals surface area contributed by atoms with Crippen molar-refractivity contribution in [2.45, 2.75) is 25.7 Å². The van der Waals surface area contributed by atoms with E-state index in [1.807, 2.05) is 24.3 Å². The van der Waals surface area contributed by atoms with Gasteiger partial charge >= 0.3 is 0 Å². The molecule has 0 saturated carbocycles. The van der Waals surface area contributed by atoms with Crippen molar-refractivity contribution in [3.63, 3.8) is 0 Å². The largest absolute Gasteiger partial charge is 0.312 e. The van der Waals surface area contributed by atoms with E-state index in [2.05, 4.69) is 5.32 Å². The van der Waals surface area contributed by atoms with Crippen LogP contribution in [0.2, 0.25) is 0 Å². The second-order valence-electron chi connectivity index (χ2n) is 8.37. The number of nitrogens with zero attached hydrogens (tertiary/aromatic N) is 4. The van der Waals surface area contributed by atoms with Crippen LogP contribution in [0.5, 0.6) is 0 Å². The van der Waals surface area contributed by atoms with E-state index < -0.39 is 5.92 Å². The number of aromatic nitrogens is 3. The molecule has 166 valence electrons. The van der Waals surface area contributed by atoms with Gasteiger partial charge in [-0.15, -0.1) is 0 Å². The number of amides is 2. The molecule has 3 heterocycles. The number of nitrogens with one attached hydrogen (secondary N) is 1. The second kappa shape index (κ2) is 7.77. The van der Waals surface area contributed by atoms with Gasteiger partial charge in [0.05, 0.1) is 21.8 Å². The van der Waals surface area contributed by atoms with Gasteiger partial charge in [0.1, 0.15) is 11.6 Å². The Hall–Kier alpha value is -3.59. The molecule has 2 aliphatic rings. The molecule has 33 heavy (non-hydrogen) atoms. The third-order valence-corrected chi connectivity index (χ3v) is 7.26. The predicted octanol–water partition coefficient (Wildman–Crippen LogP) is 4.10. The van der Waals surface area contributed by atoms with E-state index in [0.29, 0.717) is 16.6 Å². The number of para-hydroxylation sites is 1. The molecule has 9 heteroatoms. The number of carbonyl (C=O) groups excluding carboxylic acids is 2. The molecule has 7 nitrogen and oxygen atoms in total. The number of hydrogen-bond donors (Lipinski definition) is 1. The third-order valence-electron chi connectivity index (χ3n) is 6.25. The zero-order valence-corrected chi connectivity index (χ0v) is 18.4. The number of fused-ring (bicyclic) bond motifs is 2. The van der Waals surface area contributed by atoms with Gasteiger partial charge in [-0.3, -0.25) is 9.59 Å². The lowest BCUT2D eigenvalue weighted by molar-refractivity contribution is -0.122. The van der Waals surface area contributed by atoms with Crippen molar-refractivity contribution in [2.24, 2.45) is 5.92 Å².